The van der Waals surface area contributed by atoms with Gasteiger partial charge in [0.05, 0.1) is 0 Å². The fourth-order valence-electron chi connectivity index (χ4n) is 4.48. The van der Waals surface area contributed by atoms with Crippen LogP contribution in [-0.4, -0.2) is 11.6 Å². The Bertz CT molecular complexity index is 390. The van der Waals surface area contributed by atoms with Gasteiger partial charge in [-0.3, -0.25) is 0 Å². The Morgan fingerprint density at radius 1 is 1.00 bits per heavy atom. The molecule has 0 aromatic heterocycles. The van der Waals surface area contributed by atoms with Crippen molar-refractivity contribution in [2.24, 2.45) is 11.3 Å². The molecule has 1 spiro atoms. The summed E-state index contributed by atoms with van der Waals surface area (Å²) in [6.07, 6.45) is 14.3. The Morgan fingerprint density at radius 2 is 1.60 bits per heavy atom. The van der Waals surface area contributed by atoms with Crippen molar-refractivity contribution < 1.29 is 9.53 Å². The summed E-state index contributed by atoms with van der Waals surface area (Å²) < 4.78 is 5.96. The summed E-state index contributed by atoms with van der Waals surface area (Å²) in [6, 6.07) is 0. The molecule has 3 aliphatic carbocycles. The van der Waals surface area contributed by atoms with Crippen LogP contribution in [0.15, 0.2) is 12.2 Å². The topological polar surface area (TPSA) is 26.3 Å². The maximum Gasteiger partial charge on any atom is 0.333 e. The van der Waals surface area contributed by atoms with E-state index in [4.69, 9.17) is 4.74 Å². The average Bonchev–Trinajstić information content (AvgIpc) is 3.28. The molecule has 0 aromatic rings. The predicted octanol–water partition coefficient (Wildman–Crippen LogP) is 4.78. The lowest BCUT2D eigenvalue weighted by Gasteiger charge is -2.48. The largest absolute Gasteiger partial charge is 0.455 e. The van der Waals surface area contributed by atoms with E-state index in [2.05, 4.69) is 6.58 Å². The highest BCUT2D eigenvalue weighted by molar-refractivity contribution is 5.87. The third-order valence-electron chi connectivity index (χ3n) is 6.04. The van der Waals surface area contributed by atoms with Crippen LogP contribution < -0.4 is 0 Å². The third-order valence-corrected chi connectivity index (χ3v) is 6.04. The molecule has 0 unspecified atom stereocenters. The lowest BCUT2D eigenvalue weighted by atomic mass is 9.61. The molecule has 0 heterocycles. The summed E-state index contributed by atoms with van der Waals surface area (Å²) in [5, 5.41) is 0. The van der Waals surface area contributed by atoms with Gasteiger partial charge in [-0.2, -0.15) is 0 Å². The second kappa shape index (κ2) is 5.20. The van der Waals surface area contributed by atoms with Crippen LogP contribution in [0.5, 0.6) is 0 Å². The van der Waals surface area contributed by atoms with Gasteiger partial charge in [-0.1, -0.05) is 25.8 Å². The first-order chi connectivity index (χ1) is 9.55. The zero-order chi connectivity index (χ0) is 14.2. The molecule has 3 rings (SSSR count). The molecule has 0 aliphatic heterocycles. The van der Waals surface area contributed by atoms with Gasteiger partial charge in [0.2, 0.25) is 0 Å². The number of carbonyl (C=O) groups is 1. The van der Waals surface area contributed by atoms with E-state index in [0.29, 0.717) is 16.9 Å². The highest BCUT2D eigenvalue weighted by Crippen LogP contribution is 2.56. The van der Waals surface area contributed by atoms with Gasteiger partial charge in [-0.15, -0.1) is 0 Å². The van der Waals surface area contributed by atoms with Crippen molar-refractivity contribution in [2.75, 3.05) is 0 Å². The molecule has 0 saturated heterocycles. The quantitative estimate of drug-likeness (QED) is 0.548. The van der Waals surface area contributed by atoms with Gasteiger partial charge in [0, 0.05) is 5.57 Å². The van der Waals surface area contributed by atoms with Crippen LogP contribution in [0.3, 0.4) is 0 Å². The van der Waals surface area contributed by atoms with Gasteiger partial charge in [0.25, 0.3) is 0 Å². The lowest BCUT2D eigenvalue weighted by molar-refractivity contribution is -0.166. The molecule has 0 bridgehead atoms. The van der Waals surface area contributed by atoms with Gasteiger partial charge >= 0.3 is 5.97 Å². The molecule has 0 atom stereocenters. The molecular formula is C18H28O2. The zero-order valence-corrected chi connectivity index (χ0v) is 12.9. The summed E-state index contributed by atoms with van der Waals surface area (Å²) in [5.74, 6) is 0.461. The van der Waals surface area contributed by atoms with Crippen LogP contribution in [0, 0.1) is 11.3 Å². The molecule has 0 N–H and O–H groups in total. The van der Waals surface area contributed by atoms with Gasteiger partial charge < -0.3 is 4.74 Å². The van der Waals surface area contributed by atoms with Crippen LogP contribution in [-0.2, 0) is 9.53 Å². The Balaban J connectivity index is 1.68. The van der Waals surface area contributed by atoms with Crippen molar-refractivity contribution >= 4 is 5.97 Å². The molecule has 20 heavy (non-hydrogen) atoms. The molecular weight excluding hydrogens is 248 g/mol. The molecule has 3 aliphatic rings. The van der Waals surface area contributed by atoms with Crippen molar-refractivity contribution in [1.29, 1.82) is 0 Å². The van der Waals surface area contributed by atoms with Crippen LogP contribution in [0.25, 0.3) is 0 Å². The van der Waals surface area contributed by atoms with Crippen LogP contribution in [0.2, 0.25) is 0 Å². The number of rotatable bonds is 3. The monoisotopic (exact) mass is 276 g/mol. The van der Waals surface area contributed by atoms with E-state index < -0.39 is 0 Å². The van der Waals surface area contributed by atoms with Crippen LogP contribution in [0.1, 0.15) is 77.6 Å². The van der Waals surface area contributed by atoms with Crippen molar-refractivity contribution in [3.05, 3.63) is 12.2 Å². The van der Waals surface area contributed by atoms with E-state index in [9.17, 15) is 4.79 Å². The number of esters is 1. The molecule has 0 amide bonds. The fraction of sp³-hybridized carbons (Fsp3) is 0.833. The van der Waals surface area contributed by atoms with E-state index in [-0.39, 0.29) is 11.6 Å². The number of carbonyl (C=O) groups excluding carboxylic acids is 1. The highest BCUT2D eigenvalue weighted by atomic mass is 16.6. The van der Waals surface area contributed by atoms with Gasteiger partial charge in [-0.25, -0.2) is 4.79 Å². The zero-order valence-electron chi connectivity index (χ0n) is 12.9. The van der Waals surface area contributed by atoms with E-state index in [0.717, 1.165) is 12.8 Å². The molecule has 2 heteroatoms. The average molecular weight is 276 g/mol. The minimum absolute atomic E-state index is 0.140. The highest BCUT2D eigenvalue weighted by Gasteiger charge is 2.52. The summed E-state index contributed by atoms with van der Waals surface area (Å²) in [7, 11) is 0. The van der Waals surface area contributed by atoms with Crippen LogP contribution >= 0.6 is 0 Å². The van der Waals surface area contributed by atoms with Gasteiger partial charge in [0.15, 0.2) is 0 Å². The summed E-state index contributed by atoms with van der Waals surface area (Å²) in [6.45, 7) is 5.50. The van der Waals surface area contributed by atoms with E-state index >= 15 is 0 Å². The van der Waals surface area contributed by atoms with E-state index in [1.54, 1.807) is 6.92 Å². The molecule has 2 nitrogen and oxygen atoms in total. The van der Waals surface area contributed by atoms with E-state index in [1.165, 1.54) is 57.8 Å². The Kier molecular flexibility index (Phi) is 3.68. The fourth-order valence-corrected chi connectivity index (χ4v) is 4.48. The number of hydrogen-bond acceptors (Lipinski definition) is 2. The lowest BCUT2D eigenvalue weighted by Crippen LogP contribution is -2.45. The predicted molar refractivity (Wildman–Crippen MR) is 80.3 cm³/mol. The summed E-state index contributed by atoms with van der Waals surface area (Å²) in [5.41, 5.74) is 0.994. The number of ether oxygens (including phenoxy) is 1. The normalized spacial score (nSPS) is 28.1. The maximum absolute atomic E-state index is 12.0. The summed E-state index contributed by atoms with van der Waals surface area (Å²) in [4.78, 5) is 12.0. The SMILES string of the molecule is C=C(C)C(=O)OC1(C2CC2)CCC2(CCCCC2)CC1. The van der Waals surface area contributed by atoms with Gasteiger partial charge in [-0.05, 0) is 69.6 Å². The second-order valence-corrected chi connectivity index (χ2v) is 7.57. The molecule has 0 aromatic carbocycles. The van der Waals surface area contributed by atoms with Gasteiger partial charge in [0.1, 0.15) is 5.60 Å². The molecule has 112 valence electrons. The smallest absolute Gasteiger partial charge is 0.333 e. The first-order valence-electron chi connectivity index (χ1n) is 8.44. The standard InChI is InChI=1S/C18H28O2/c1-14(2)16(19)20-18(15-6-7-15)12-10-17(11-13-18)8-4-3-5-9-17/h15H,1,3-13H2,2H3. The minimum atomic E-state index is -0.170. The Hall–Kier alpha value is -0.790. The van der Waals surface area contributed by atoms with Crippen molar-refractivity contribution in [2.45, 2.75) is 83.2 Å². The van der Waals surface area contributed by atoms with Crippen molar-refractivity contribution in [3.63, 3.8) is 0 Å². The second-order valence-electron chi connectivity index (χ2n) is 7.57. The first kappa shape index (κ1) is 14.2. The van der Waals surface area contributed by atoms with Crippen molar-refractivity contribution in [3.8, 4) is 0 Å². The first-order valence-corrected chi connectivity index (χ1v) is 8.44. The molecule has 3 fully saturated rings. The van der Waals surface area contributed by atoms with Crippen LogP contribution in [0.4, 0.5) is 0 Å². The van der Waals surface area contributed by atoms with Crippen molar-refractivity contribution in [1.82, 2.24) is 0 Å². The summed E-state index contributed by atoms with van der Waals surface area (Å²) >= 11 is 0. The Labute approximate surface area is 123 Å². The Morgan fingerprint density at radius 3 is 2.10 bits per heavy atom. The number of hydrogen-bond donors (Lipinski definition) is 0. The maximum atomic E-state index is 12.0. The van der Waals surface area contributed by atoms with E-state index in [1.807, 2.05) is 0 Å². The minimum Gasteiger partial charge on any atom is -0.455 e. The molecule has 0 radical (unpaired) electrons. The third kappa shape index (κ3) is 2.66. The molecule has 3 saturated carbocycles.